The predicted molar refractivity (Wildman–Crippen MR) is 115 cm³/mol. The molecule has 1 heterocycles. The monoisotopic (exact) mass is 394 g/mol. The van der Waals surface area contributed by atoms with Crippen LogP contribution in [0, 0.1) is 0 Å². The van der Waals surface area contributed by atoms with Gasteiger partial charge in [-0.15, -0.1) is 0 Å². The molecule has 29 heavy (non-hydrogen) atoms. The van der Waals surface area contributed by atoms with Crippen LogP contribution < -0.4 is 9.64 Å². The third kappa shape index (κ3) is 5.59. The quantitative estimate of drug-likeness (QED) is 0.663. The van der Waals surface area contributed by atoms with Gasteiger partial charge >= 0.3 is 0 Å². The van der Waals surface area contributed by atoms with Crippen molar-refractivity contribution in [1.29, 1.82) is 0 Å². The maximum absolute atomic E-state index is 12.8. The lowest BCUT2D eigenvalue weighted by molar-refractivity contribution is -0.134. The van der Waals surface area contributed by atoms with E-state index < -0.39 is 0 Å². The maximum Gasteiger partial charge on any atom is 0.224 e. The van der Waals surface area contributed by atoms with E-state index >= 15 is 0 Å². The van der Waals surface area contributed by atoms with Gasteiger partial charge in [-0.25, -0.2) is 0 Å². The fourth-order valence-electron chi connectivity index (χ4n) is 3.89. The molecule has 1 fully saturated rings. The summed E-state index contributed by atoms with van der Waals surface area (Å²) in [5.41, 5.74) is 0.774. The Hall–Kier alpha value is -2.82. The molecule has 0 N–H and O–H groups in total. The lowest BCUT2D eigenvalue weighted by atomic mass is 9.99. The molecule has 1 aliphatic rings. The van der Waals surface area contributed by atoms with E-state index in [1.54, 1.807) is 4.90 Å². The number of likely N-dealkylation sites (tertiary alicyclic amines) is 1. The Bertz CT molecular complexity index is 805. The van der Waals surface area contributed by atoms with Gasteiger partial charge in [0, 0.05) is 38.2 Å². The summed E-state index contributed by atoms with van der Waals surface area (Å²) in [6, 6.07) is 17.3. The van der Waals surface area contributed by atoms with Gasteiger partial charge in [0.25, 0.3) is 0 Å². The molecule has 0 aromatic heterocycles. The van der Waals surface area contributed by atoms with Crippen molar-refractivity contribution in [1.82, 2.24) is 4.90 Å². The number of rotatable bonds is 7. The van der Waals surface area contributed by atoms with E-state index in [4.69, 9.17) is 4.74 Å². The molecule has 2 aromatic carbocycles. The van der Waals surface area contributed by atoms with E-state index in [-0.39, 0.29) is 11.8 Å². The van der Waals surface area contributed by atoms with Crippen molar-refractivity contribution >= 4 is 17.5 Å². The van der Waals surface area contributed by atoms with Crippen LogP contribution in [0.5, 0.6) is 11.5 Å². The molecule has 0 spiro atoms. The number of benzene rings is 2. The van der Waals surface area contributed by atoms with Crippen LogP contribution in [0.2, 0.25) is 0 Å². The minimum atomic E-state index is -0.0692. The van der Waals surface area contributed by atoms with Gasteiger partial charge in [-0.2, -0.15) is 0 Å². The second-order valence-electron chi connectivity index (χ2n) is 7.47. The zero-order valence-corrected chi connectivity index (χ0v) is 17.3. The zero-order valence-electron chi connectivity index (χ0n) is 17.3. The summed E-state index contributed by atoms with van der Waals surface area (Å²) in [5, 5.41) is 0. The van der Waals surface area contributed by atoms with Crippen LogP contribution in [0.1, 0.15) is 46.0 Å². The second kappa shape index (κ2) is 10.1. The van der Waals surface area contributed by atoms with Gasteiger partial charge < -0.3 is 14.5 Å². The molecule has 0 bridgehead atoms. The molecule has 2 amide bonds. The summed E-state index contributed by atoms with van der Waals surface area (Å²) >= 11 is 0. The van der Waals surface area contributed by atoms with Crippen molar-refractivity contribution < 1.29 is 14.3 Å². The molecule has 1 saturated heterocycles. The highest BCUT2D eigenvalue weighted by atomic mass is 16.5. The van der Waals surface area contributed by atoms with E-state index in [9.17, 15) is 9.59 Å². The summed E-state index contributed by atoms with van der Waals surface area (Å²) < 4.78 is 5.81. The third-order valence-corrected chi connectivity index (χ3v) is 5.48. The molecular formula is C24H30N2O3. The van der Waals surface area contributed by atoms with Crippen LogP contribution in [0.4, 0.5) is 5.69 Å². The highest BCUT2D eigenvalue weighted by molar-refractivity contribution is 5.92. The topological polar surface area (TPSA) is 49.9 Å². The summed E-state index contributed by atoms with van der Waals surface area (Å²) in [7, 11) is 0. The number of nitrogens with zero attached hydrogens (tertiary/aromatic N) is 2. The third-order valence-electron chi connectivity index (χ3n) is 5.48. The number of carbonyl (C=O) groups is 2. The molecule has 2 aromatic rings. The first-order chi connectivity index (χ1) is 14.1. The smallest absolute Gasteiger partial charge is 0.224 e. The van der Waals surface area contributed by atoms with Crippen molar-refractivity contribution in [2.45, 2.75) is 52.0 Å². The first kappa shape index (κ1) is 20.9. The highest BCUT2D eigenvalue weighted by Crippen LogP contribution is 2.25. The van der Waals surface area contributed by atoms with Crippen molar-refractivity contribution in [3.63, 3.8) is 0 Å². The predicted octanol–water partition coefficient (Wildman–Crippen LogP) is 5.01. The Morgan fingerprint density at radius 3 is 2.38 bits per heavy atom. The number of hydrogen-bond acceptors (Lipinski definition) is 3. The van der Waals surface area contributed by atoms with Crippen LogP contribution in [0.25, 0.3) is 0 Å². The number of ether oxygens (including phenoxy) is 1. The molecule has 154 valence electrons. The van der Waals surface area contributed by atoms with E-state index in [1.165, 1.54) is 13.3 Å². The zero-order chi connectivity index (χ0) is 20.6. The van der Waals surface area contributed by atoms with Crippen LogP contribution in [-0.4, -0.2) is 35.8 Å². The molecule has 5 nitrogen and oxygen atoms in total. The Labute approximate surface area is 173 Å². The van der Waals surface area contributed by atoms with Crippen molar-refractivity contribution in [3.05, 3.63) is 54.6 Å². The Morgan fingerprint density at radius 1 is 1.03 bits per heavy atom. The van der Waals surface area contributed by atoms with E-state index in [2.05, 4.69) is 6.92 Å². The van der Waals surface area contributed by atoms with E-state index in [0.717, 1.165) is 37.2 Å². The van der Waals surface area contributed by atoms with Gasteiger partial charge in [0.05, 0.1) is 0 Å². The van der Waals surface area contributed by atoms with Gasteiger partial charge in [-0.1, -0.05) is 25.1 Å². The number of anilines is 1. The van der Waals surface area contributed by atoms with Crippen molar-refractivity contribution in [3.8, 4) is 11.5 Å². The normalized spacial score (nSPS) is 16.3. The average molecular weight is 395 g/mol. The molecule has 0 saturated carbocycles. The molecule has 1 unspecified atom stereocenters. The van der Waals surface area contributed by atoms with Gasteiger partial charge in [0.2, 0.25) is 11.8 Å². The number of piperidine rings is 1. The molecule has 1 aliphatic heterocycles. The number of para-hydroxylation sites is 1. The average Bonchev–Trinajstić information content (AvgIpc) is 2.75. The van der Waals surface area contributed by atoms with Gasteiger partial charge in [0.1, 0.15) is 11.5 Å². The summed E-state index contributed by atoms with van der Waals surface area (Å²) in [6.45, 7) is 4.90. The van der Waals surface area contributed by atoms with Crippen LogP contribution >= 0.6 is 0 Å². The molecule has 0 radical (unpaired) electrons. The standard InChI is InChI=1S/C24H30N2O3/c1-3-20-9-7-8-17-26(20)24(28)16-18-25(19(2)27)21-12-14-23(15-13-21)29-22-10-5-4-6-11-22/h4-6,10-15,20H,3,7-9,16-18H2,1-2H3. The Kier molecular flexibility index (Phi) is 7.28. The van der Waals surface area contributed by atoms with Crippen LogP contribution in [-0.2, 0) is 9.59 Å². The van der Waals surface area contributed by atoms with E-state index in [0.29, 0.717) is 24.8 Å². The summed E-state index contributed by atoms with van der Waals surface area (Å²) in [5.74, 6) is 1.55. The Morgan fingerprint density at radius 2 is 1.72 bits per heavy atom. The van der Waals surface area contributed by atoms with Crippen LogP contribution in [0.3, 0.4) is 0 Å². The Balaban J connectivity index is 1.62. The molecule has 0 aliphatic carbocycles. The van der Waals surface area contributed by atoms with Gasteiger partial charge in [-0.3, -0.25) is 9.59 Å². The largest absolute Gasteiger partial charge is 0.457 e. The number of amides is 2. The molecule has 5 heteroatoms. The lowest BCUT2D eigenvalue weighted by Crippen LogP contribution is -2.44. The van der Waals surface area contributed by atoms with Gasteiger partial charge in [0.15, 0.2) is 0 Å². The fourth-order valence-corrected chi connectivity index (χ4v) is 3.89. The van der Waals surface area contributed by atoms with Gasteiger partial charge in [-0.05, 0) is 62.1 Å². The van der Waals surface area contributed by atoms with E-state index in [1.807, 2.05) is 59.5 Å². The summed E-state index contributed by atoms with van der Waals surface area (Å²) in [6.07, 6.45) is 4.69. The van der Waals surface area contributed by atoms with Crippen LogP contribution in [0.15, 0.2) is 54.6 Å². The SMILES string of the molecule is CCC1CCCCN1C(=O)CCN(C(C)=O)c1ccc(Oc2ccccc2)cc1. The fraction of sp³-hybridized carbons (Fsp3) is 0.417. The maximum atomic E-state index is 12.8. The number of carbonyl (C=O) groups excluding carboxylic acids is 2. The molecule has 3 rings (SSSR count). The lowest BCUT2D eigenvalue weighted by Gasteiger charge is -2.35. The minimum absolute atomic E-state index is 0.0692. The van der Waals surface area contributed by atoms with Crippen molar-refractivity contribution in [2.75, 3.05) is 18.0 Å². The number of hydrogen-bond donors (Lipinski definition) is 0. The molecule has 1 atom stereocenters. The molecular weight excluding hydrogens is 364 g/mol. The summed E-state index contributed by atoms with van der Waals surface area (Å²) in [4.78, 5) is 28.6. The highest BCUT2D eigenvalue weighted by Gasteiger charge is 2.25. The first-order valence-corrected chi connectivity index (χ1v) is 10.5. The first-order valence-electron chi connectivity index (χ1n) is 10.5. The minimum Gasteiger partial charge on any atom is -0.457 e. The second-order valence-corrected chi connectivity index (χ2v) is 7.47. The van der Waals surface area contributed by atoms with Crippen molar-refractivity contribution in [2.24, 2.45) is 0 Å².